The van der Waals surface area contributed by atoms with Gasteiger partial charge >= 0.3 is 5.97 Å². The molecule has 0 atom stereocenters. The molecule has 2 aromatic rings. The summed E-state index contributed by atoms with van der Waals surface area (Å²) in [7, 11) is 0. The van der Waals surface area contributed by atoms with E-state index < -0.39 is 5.97 Å². The lowest BCUT2D eigenvalue weighted by Crippen LogP contribution is -2.06. The van der Waals surface area contributed by atoms with E-state index in [1.54, 1.807) is 12.1 Å². The van der Waals surface area contributed by atoms with Crippen LogP contribution in [-0.4, -0.2) is 17.7 Å². The first kappa shape index (κ1) is 14.9. The number of carbonyl (C=O) groups is 1. The Bertz CT molecular complexity index is 634. The predicted molar refractivity (Wildman–Crippen MR) is 80.1 cm³/mol. The van der Waals surface area contributed by atoms with Crippen LogP contribution in [0.2, 0.25) is 0 Å². The number of hydrogen-bond acceptors (Lipinski definition) is 3. The van der Waals surface area contributed by atoms with Gasteiger partial charge in [-0.15, -0.1) is 0 Å². The topological polar surface area (TPSA) is 55.8 Å². The molecule has 0 aliphatic carbocycles. The van der Waals surface area contributed by atoms with Crippen molar-refractivity contribution < 1.29 is 19.4 Å². The van der Waals surface area contributed by atoms with Crippen molar-refractivity contribution in [2.24, 2.45) is 0 Å². The molecule has 21 heavy (non-hydrogen) atoms. The summed E-state index contributed by atoms with van der Waals surface area (Å²) in [6.07, 6.45) is 0. The highest BCUT2D eigenvalue weighted by molar-refractivity contribution is 5.92. The second-order valence-corrected chi connectivity index (χ2v) is 4.65. The molecule has 0 fully saturated rings. The molecule has 0 saturated heterocycles. The van der Waals surface area contributed by atoms with E-state index in [2.05, 4.69) is 0 Å². The van der Waals surface area contributed by atoms with Gasteiger partial charge in [0, 0.05) is 0 Å². The van der Waals surface area contributed by atoms with Gasteiger partial charge in [0.15, 0.2) is 11.5 Å². The van der Waals surface area contributed by atoms with E-state index >= 15 is 0 Å². The van der Waals surface area contributed by atoms with Crippen molar-refractivity contribution in [3.8, 4) is 11.5 Å². The maximum atomic E-state index is 11.3. The highest BCUT2D eigenvalue weighted by atomic mass is 16.5. The summed E-state index contributed by atoms with van der Waals surface area (Å²) in [4.78, 5) is 11.3. The Hall–Kier alpha value is -2.49. The van der Waals surface area contributed by atoms with Gasteiger partial charge < -0.3 is 14.6 Å². The Morgan fingerprint density at radius 2 is 1.90 bits per heavy atom. The van der Waals surface area contributed by atoms with Crippen LogP contribution in [0.5, 0.6) is 11.5 Å². The average Bonchev–Trinajstić information content (AvgIpc) is 2.46. The number of carboxylic acids is 1. The van der Waals surface area contributed by atoms with Crippen molar-refractivity contribution in [2.75, 3.05) is 6.61 Å². The predicted octanol–water partition coefficient (Wildman–Crippen LogP) is 3.67. The molecule has 2 aromatic carbocycles. The Balaban J connectivity index is 2.26. The molecule has 4 nitrogen and oxygen atoms in total. The van der Waals surface area contributed by atoms with Gasteiger partial charge in [-0.2, -0.15) is 0 Å². The van der Waals surface area contributed by atoms with Gasteiger partial charge in [-0.25, -0.2) is 4.79 Å². The third kappa shape index (κ3) is 3.75. The van der Waals surface area contributed by atoms with Crippen molar-refractivity contribution >= 4 is 5.97 Å². The molecule has 2 rings (SSSR count). The minimum Gasteiger partial charge on any atom is -0.490 e. The van der Waals surface area contributed by atoms with E-state index in [1.165, 1.54) is 6.07 Å². The first-order valence-electron chi connectivity index (χ1n) is 6.79. The zero-order valence-electron chi connectivity index (χ0n) is 12.1. The summed E-state index contributed by atoms with van der Waals surface area (Å²) in [5, 5.41) is 9.26. The van der Waals surface area contributed by atoms with E-state index in [-0.39, 0.29) is 11.3 Å². The van der Waals surface area contributed by atoms with E-state index in [1.807, 2.05) is 38.1 Å². The summed E-state index contributed by atoms with van der Waals surface area (Å²) in [6, 6.07) is 12.8. The second kappa shape index (κ2) is 6.79. The molecule has 0 amide bonds. The fourth-order valence-electron chi connectivity index (χ4n) is 2.06. The number of rotatable bonds is 6. The second-order valence-electron chi connectivity index (χ2n) is 4.65. The molecule has 0 radical (unpaired) electrons. The molecule has 0 bridgehead atoms. The lowest BCUT2D eigenvalue weighted by molar-refractivity contribution is 0.0690. The minimum absolute atomic E-state index is 0.105. The molecule has 0 aromatic heterocycles. The molecule has 4 heteroatoms. The summed E-state index contributed by atoms with van der Waals surface area (Å²) < 4.78 is 11.2. The number of hydrogen-bond donors (Lipinski definition) is 1. The Kier molecular flexibility index (Phi) is 4.82. The van der Waals surface area contributed by atoms with Crippen LogP contribution in [0.4, 0.5) is 0 Å². The SMILES string of the molecule is CCOc1cccc(C(=O)O)c1OCc1cccc(C)c1. The molecule has 0 aliphatic heterocycles. The molecule has 0 unspecified atom stereocenters. The van der Waals surface area contributed by atoms with Crippen molar-refractivity contribution in [3.05, 3.63) is 59.2 Å². The van der Waals surface area contributed by atoms with Crippen LogP contribution in [0.15, 0.2) is 42.5 Å². The van der Waals surface area contributed by atoms with Crippen molar-refractivity contribution in [2.45, 2.75) is 20.5 Å². The monoisotopic (exact) mass is 286 g/mol. The highest BCUT2D eigenvalue weighted by Gasteiger charge is 2.16. The largest absolute Gasteiger partial charge is 0.490 e. The average molecular weight is 286 g/mol. The first-order chi connectivity index (χ1) is 10.1. The first-order valence-corrected chi connectivity index (χ1v) is 6.79. The molecule has 0 aliphatic rings. The van der Waals surface area contributed by atoms with Crippen molar-refractivity contribution in [3.63, 3.8) is 0 Å². The smallest absolute Gasteiger partial charge is 0.339 e. The lowest BCUT2D eigenvalue weighted by atomic mass is 10.1. The number of benzene rings is 2. The summed E-state index contributed by atoms with van der Waals surface area (Å²) in [5.74, 6) is -0.311. The maximum Gasteiger partial charge on any atom is 0.339 e. The Morgan fingerprint density at radius 3 is 2.57 bits per heavy atom. The fraction of sp³-hybridized carbons (Fsp3) is 0.235. The van der Waals surface area contributed by atoms with Gasteiger partial charge in [-0.1, -0.05) is 35.9 Å². The molecule has 0 spiro atoms. The van der Waals surface area contributed by atoms with Crippen LogP contribution in [0, 0.1) is 6.92 Å². The van der Waals surface area contributed by atoms with E-state index in [4.69, 9.17) is 9.47 Å². The summed E-state index contributed by atoms with van der Waals surface area (Å²) >= 11 is 0. The molecule has 0 heterocycles. The van der Waals surface area contributed by atoms with Crippen LogP contribution in [0.3, 0.4) is 0 Å². The number of ether oxygens (including phenoxy) is 2. The number of aromatic carboxylic acids is 1. The normalized spacial score (nSPS) is 10.2. The Labute approximate surface area is 123 Å². The van der Waals surface area contributed by atoms with Crippen LogP contribution < -0.4 is 9.47 Å². The van der Waals surface area contributed by atoms with Crippen LogP contribution in [-0.2, 0) is 6.61 Å². The highest BCUT2D eigenvalue weighted by Crippen LogP contribution is 2.32. The zero-order valence-corrected chi connectivity index (χ0v) is 12.1. The Morgan fingerprint density at radius 1 is 1.14 bits per heavy atom. The fourth-order valence-corrected chi connectivity index (χ4v) is 2.06. The minimum atomic E-state index is -1.03. The molecule has 1 N–H and O–H groups in total. The van der Waals surface area contributed by atoms with Gasteiger partial charge in [-0.05, 0) is 31.5 Å². The summed E-state index contributed by atoms with van der Waals surface area (Å²) in [5.41, 5.74) is 2.22. The van der Waals surface area contributed by atoms with E-state index in [9.17, 15) is 9.90 Å². The third-order valence-electron chi connectivity index (χ3n) is 2.97. The molecular weight excluding hydrogens is 268 g/mol. The van der Waals surface area contributed by atoms with Gasteiger partial charge in [0.1, 0.15) is 12.2 Å². The maximum absolute atomic E-state index is 11.3. The zero-order chi connectivity index (χ0) is 15.2. The summed E-state index contributed by atoms with van der Waals surface area (Å²) in [6.45, 7) is 4.59. The standard InChI is InChI=1S/C17H18O4/c1-3-20-15-9-5-8-14(17(18)19)16(15)21-11-13-7-4-6-12(2)10-13/h4-10H,3,11H2,1-2H3,(H,18,19). The van der Waals surface area contributed by atoms with Gasteiger partial charge in [0.05, 0.1) is 6.61 Å². The number of para-hydroxylation sites is 1. The van der Waals surface area contributed by atoms with Crippen molar-refractivity contribution in [1.82, 2.24) is 0 Å². The molecule has 0 saturated carbocycles. The van der Waals surface area contributed by atoms with E-state index in [0.29, 0.717) is 19.0 Å². The number of aryl methyl sites for hydroxylation is 1. The van der Waals surface area contributed by atoms with Crippen LogP contribution in [0.25, 0.3) is 0 Å². The lowest BCUT2D eigenvalue weighted by Gasteiger charge is -2.14. The third-order valence-corrected chi connectivity index (χ3v) is 2.97. The number of carboxylic acid groups (broad SMARTS) is 1. The van der Waals surface area contributed by atoms with E-state index in [0.717, 1.165) is 11.1 Å². The van der Waals surface area contributed by atoms with Gasteiger partial charge in [0.25, 0.3) is 0 Å². The molecular formula is C17H18O4. The van der Waals surface area contributed by atoms with Gasteiger partial charge in [-0.3, -0.25) is 0 Å². The quantitative estimate of drug-likeness (QED) is 0.880. The van der Waals surface area contributed by atoms with Gasteiger partial charge in [0.2, 0.25) is 0 Å². The van der Waals surface area contributed by atoms with Crippen LogP contribution >= 0.6 is 0 Å². The molecule has 110 valence electrons. The van der Waals surface area contributed by atoms with Crippen molar-refractivity contribution in [1.29, 1.82) is 0 Å². The van der Waals surface area contributed by atoms with Crippen LogP contribution in [0.1, 0.15) is 28.4 Å².